The van der Waals surface area contributed by atoms with Crippen LogP contribution in [0, 0.1) is 0 Å². The van der Waals surface area contributed by atoms with Crippen LogP contribution in [0.1, 0.15) is 33.1 Å². The Hall–Kier alpha value is -0.610. The van der Waals surface area contributed by atoms with E-state index in [-0.39, 0.29) is 5.91 Å². The minimum absolute atomic E-state index is 0.161. The van der Waals surface area contributed by atoms with Crippen molar-refractivity contribution in [2.24, 2.45) is 0 Å². The summed E-state index contributed by atoms with van der Waals surface area (Å²) < 4.78 is 5.33. The summed E-state index contributed by atoms with van der Waals surface area (Å²) in [5, 5.41) is 6.32. The fourth-order valence-corrected chi connectivity index (χ4v) is 1.86. The lowest BCUT2D eigenvalue weighted by molar-refractivity contribution is -0.121. The first kappa shape index (κ1) is 12.5. The summed E-state index contributed by atoms with van der Waals surface area (Å²) >= 11 is 0. The molecule has 1 fully saturated rings. The highest BCUT2D eigenvalue weighted by atomic mass is 16.5. The number of hydrogen-bond donors (Lipinski definition) is 2. The minimum Gasteiger partial charge on any atom is -0.380 e. The smallest absolute Gasteiger partial charge is 0.221 e. The van der Waals surface area contributed by atoms with Gasteiger partial charge in [-0.05, 0) is 26.7 Å². The lowest BCUT2D eigenvalue weighted by Crippen LogP contribution is -2.40. The molecule has 0 aromatic carbocycles. The Bertz CT molecular complexity index is 197. The second-order valence-corrected chi connectivity index (χ2v) is 4.12. The predicted molar refractivity (Wildman–Crippen MR) is 59.7 cm³/mol. The van der Waals surface area contributed by atoms with Gasteiger partial charge in [0.15, 0.2) is 0 Å². The van der Waals surface area contributed by atoms with Crippen LogP contribution in [0.15, 0.2) is 0 Å². The van der Waals surface area contributed by atoms with Gasteiger partial charge in [-0.3, -0.25) is 4.79 Å². The van der Waals surface area contributed by atoms with Crippen molar-refractivity contribution in [3.63, 3.8) is 0 Å². The molecule has 4 nitrogen and oxygen atoms in total. The Kier molecular flexibility index (Phi) is 5.65. The molecule has 0 spiro atoms. The Labute approximate surface area is 91.8 Å². The number of nitrogens with one attached hydrogen (secondary N) is 2. The molecule has 0 aromatic heterocycles. The van der Waals surface area contributed by atoms with E-state index in [0.29, 0.717) is 25.1 Å². The van der Waals surface area contributed by atoms with Crippen molar-refractivity contribution in [3.8, 4) is 0 Å². The molecule has 0 bridgehead atoms. The van der Waals surface area contributed by atoms with Crippen LogP contribution in [-0.4, -0.2) is 37.7 Å². The van der Waals surface area contributed by atoms with Crippen molar-refractivity contribution in [1.29, 1.82) is 0 Å². The van der Waals surface area contributed by atoms with E-state index in [9.17, 15) is 4.79 Å². The Balaban J connectivity index is 2.25. The van der Waals surface area contributed by atoms with Gasteiger partial charge < -0.3 is 15.4 Å². The number of rotatable bonds is 5. The number of amides is 1. The topological polar surface area (TPSA) is 50.4 Å². The molecular weight excluding hydrogens is 192 g/mol. The summed E-state index contributed by atoms with van der Waals surface area (Å²) in [4.78, 5) is 11.3. The SMILES string of the molecule is CCOCC(C)NC1CCCNC(=O)C1. The van der Waals surface area contributed by atoms with E-state index in [1.54, 1.807) is 0 Å². The molecule has 4 heteroatoms. The monoisotopic (exact) mass is 214 g/mol. The summed E-state index contributed by atoms with van der Waals surface area (Å²) in [5.74, 6) is 0.161. The zero-order chi connectivity index (χ0) is 11.1. The van der Waals surface area contributed by atoms with Crippen LogP contribution in [0.2, 0.25) is 0 Å². The van der Waals surface area contributed by atoms with E-state index < -0.39 is 0 Å². The third kappa shape index (κ3) is 5.14. The predicted octanol–water partition coefficient (Wildman–Crippen LogP) is 0.670. The van der Waals surface area contributed by atoms with E-state index in [2.05, 4.69) is 17.6 Å². The molecule has 1 rings (SSSR count). The van der Waals surface area contributed by atoms with Crippen LogP contribution < -0.4 is 10.6 Å². The van der Waals surface area contributed by atoms with Gasteiger partial charge in [-0.25, -0.2) is 0 Å². The molecular formula is C11H22N2O2. The normalized spacial score (nSPS) is 24.4. The zero-order valence-corrected chi connectivity index (χ0v) is 9.71. The van der Waals surface area contributed by atoms with Gasteiger partial charge in [0, 0.05) is 31.7 Å². The van der Waals surface area contributed by atoms with Gasteiger partial charge in [-0.1, -0.05) is 0 Å². The zero-order valence-electron chi connectivity index (χ0n) is 9.71. The van der Waals surface area contributed by atoms with E-state index in [4.69, 9.17) is 4.74 Å². The molecule has 0 aliphatic carbocycles. The molecule has 1 heterocycles. The number of hydrogen-bond acceptors (Lipinski definition) is 3. The van der Waals surface area contributed by atoms with Gasteiger partial charge in [0.1, 0.15) is 0 Å². The van der Waals surface area contributed by atoms with E-state index in [0.717, 1.165) is 26.0 Å². The standard InChI is InChI=1S/C11H22N2O2/c1-3-15-8-9(2)13-10-5-4-6-12-11(14)7-10/h9-10,13H,3-8H2,1-2H3,(H,12,14). The third-order valence-electron chi connectivity index (χ3n) is 2.58. The second kappa shape index (κ2) is 6.80. The molecule has 15 heavy (non-hydrogen) atoms. The molecule has 1 aliphatic heterocycles. The second-order valence-electron chi connectivity index (χ2n) is 4.12. The summed E-state index contributed by atoms with van der Waals surface area (Å²) in [6.45, 7) is 6.37. The van der Waals surface area contributed by atoms with Crippen molar-refractivity contribution in [1.82, 2.24) is 10.6 Å². The average Bonchev–Trinajstić information content (AvgIpc) is 2.39. The van der Waals surface area contributed by atoms with E-state index in [1.165, 1.54) is 0 Å². The molecule has 2 atom stereocenters. The van der Waals surface area contributed by atoms with Crippen molar-refractivity contribution in [3.05, 3.63) is 0 Å². The Morgan fingerprint density at radius 2 is 2.47 bits per heavy atom. The number of carbonyl (C=O) groups excluding carboxylic acids is 1. The Morgan fingerprint density at radius 3 is 3.20 bits per heavy atom. The van der Waals surface area contributed by atoms with Gasteiger partial charge >= 0.3 is 0 Å². The molecule has 2 unspecified atom stereocenters. The van der Waals surface area contributed by atoms with Crippen LogP contribution in [0.25, 0.3) is 0 Å². The quantitative estimate of drug-likeness (QED) is 0.707. The van der Waals surface area contributed by atoms with Crippen LogP contribution in [0.5, 0.6) is 0 Å². The van der Waals surface area contributed by atoms with E-state index in [1.807, 2.05) is 6.92 Å². The highest BCUT2D eigenvalue weighted by molar-refractivity contribution is 5.76. The largest absolute Gasteiger partial charge is 0.380 e. The van der Waals surface area contributed by atoms with Gasteiger partial charge in [-0.2, -0.15) is 0 Å². The summed E-state index contributed by atoms with van der Waals surface area (Å²) in [5.41, 5.74) is 0. The summed E-state index contributed by atoms with van der Waals surface area (Å²) in [6, 6.07) is 0.629. The molecule has 1 aliphatic rings. The van der Waals surface area contributed by atoms with Crippen molar-refractivity contribution >= 4 is 5.91 Å². The molecule has 88 valence electrons. The van der Waals surface area contributed by atoms with E-state index >= 15 is 0 Å². The fourth-order valence-electron chi connectivity index (χ4n) is 1.86. The maximum Gasteiger partial charge on any atom is 0.221 e. The number of carbonyl (C=O) groups is 1. The first-order valence-electron chi connectivity index (χ1n) is 5.83. The molecule has 1 amide bonds. The molecule has 1 saturated heterocycles. The first-order valence-corrected chi connectivity index (χ1v) is 5.83. The van der Waals surface area contributed by atoms with Gasteiger partial charge in [0.25, 0.3) is 0 Å². The summed E-state index contributed by atoms with van der Waals surface area (Å²) in [6.07, 6.45) is 2.72. The molecule has 0 radical (unpaired) electrons. The van der Waals surface area contributed by atoms with Crippen molar-refractivity contribution in [2.45, 2.75) is 45.2 Å². The molecule has 2 N–H and O–H groups in total. The van der Waals surface area contributed by atoms with Gasteiger partial charge in [0.05, 0.1) is 6.61 Å². The van der Waals surface area contributed by atoms with Crippen LogP contribution in [0.3, 0.4) is 0 Å². The third-order valence-corrected chi connectivity index (χ3v) is 2.58. The Morgan fingerprint density at radius 1 is 1.67 bits per heavy atom. The van der Waals surface area contributed by atoms with Crippen LogP contribution >= 0.6 is 0 Å². The fraction of sp³-hybridized carbons (Fsp3) is 0.909. The van der Waals surface area contributed by atoms with Gasteiger partial charge in [0.2, 0.25) is 5.91 Å². The van der Waals surface area contributed by atoms with Crippen LogP contribution in [-0.2, 0) is 9.53 Å². The first-order chi connectivity index (χ1) is 7.22. The maximum absolute atomic E-state index is 11.3. The molecule has 0 aromatic rings. The summed E-state index contributed by atoms with van der Waals surface area (Å²) in [7, 11) is 0. The van der Waals surface area contributed by atoms with Crippen molar-refractivity contribution in [2.75, 3.05) is 19.8 Å². The minimum atomic E-state index is 0.161. The lowest BCUT2D eigenvalue weighted by atomic mass is 10.1. The van der Waals surface area contributed by atoms with Crippen molar-refractivity contribution < 1.29 is 9.53 Å². The van der Waals surface area contributed by atoms with Crippen LogP contribution in [0.4, 0.5) is 0 Å². The lowest BCUT2D eigenvalue weighted by Gasteiger charge is -2.20. The maximum atomic E-state index is 11.3. The average molecular weight is 214 g/mol. The highest BCUT2D eigenvalue weighted by Gasteiger charge is 2.18. The number of ether oxygens (including phenoxy) is 1. The molecule has 0 saturated carbocycles. The highest BCUT2D eigenvalue weighted by Crippen LogP contribution is 2.06. The van der Waals surface area contributed by atoms with Gasteiger partial charge in [-0.15, -0.1) is 0 Å².